The normalized spacial score (nSPS) is 21.7. The van der Waals surface area contributed by atoms with Crippen LogP contribution in [0.5, 0.6) is 5.75 Å². The average Bonchev–Trinajstić information content (AvgIpc) is 2.66. The molecule has 2 fully saturated rings. The number of nitrogens with zero attached hydrogens (tertiary/aromatic N) is 2. The standard InChI is InChI=1S/C22H32FN3O3/c1-22(2,3)15-26-13-10-24-21(28)18(26)14-20(27)25-11-8-16(9-12-25)29-19-7-5-4-6-17(19)23/h4-7,16,18H,8-15H2,1-3H3,(H,24,28). The molecule has 0 saturated carbocycles. The molecule has 1 aromatic carbocycles. The molecule has 0 spiro atoms. The molecule has 0 bridgehead atoms. The molecular formula is C22H32FN3O3. The third kappa shape index (κ3) is 5.92. The van der Waals surface area contributed by atoms with E-state index in [2.05, 4.69) is 31.0 Å². The Kier molecular flexibility index (Phi) is 6.77. The number of nitrogens with one attached hydrogen (secondary N) is 1. The van der Waals surface area contributed by atoms with Crippen LogP contribution in [-0.2, 0) is 9.59 Å². The number of hydrogen-bond acceptors (Lipinski definition) is 4. The van der Waals surface area contributed by atoms with Gasteiger partial charge in [0.15, 0.2) is 11.6 Å². The highest BCUT2D eigenvalue weighted by Crippen LogP contribution is 2.24. The highest BCUT2D eigenvalue weighted by molar-refractivity contribution is 5.88. The minimum atomic E-state index is -0.414. The average molecular weight is 406 g/mol. The molecular weight excluding hydrogens is 373 g/mol. The zero-order chi connectivity index (χ0) is 21.0. The van der Waals surface area contributed by atoms with Crippen LogP contribution in [0, 0.1) is 11.2 Å². The van der Waals surface area contributed by atoms with E-state index in [4.69, 9.17) is 4.74 Å². The van der Waals surface area contributed by atoms with Gasteiger partial charge in [-0.1, -0.05) is 32.9 Å². The van der Waals surface area contributed by atoms with Gasteiger partial charge < -0.3 is 15.0 Å². The van der Waals surface area contributed by atoms with Crippen LogP contribution in [0.1, 0.15) is 40.0 Å². The number of halogens is 1. The van der Waals surface area contributed by atoms with Crippen molar-refractivity contribution in [2.24, 2.45) is 5.41 Å². The molecule has 2 aliphatic heterocycles. The number of ether oxygens (including phenoxy) is 1. The van der Waals surface area contributed by atoms with Crippen LogP contribution >= 0.6 is 0 Å². The Labute approximate surface area is 172 Å². The molecule has 0 radical (unpaired) electrons. The predicted molar refractivity (Wildman–Crippen MR) is 109 cm³/mol. The fourth-order valence-electron chi connectivity index (χ4n) is 4.02. The lowest BCUT2D eigenvalue weighted by Crippen LogP contribution is -2.58. The monoisotopic (exact) mass is 405 g/mol. The quantitative estimate of drug-likeness (QED) is 0.817. The van der Waals surface area contributed by atoms with Crippen molar-refractivity contribution in [3.8, 4) is 5.75 Å². The highest BCUT2D eigenvalue weighted by atomic mass is 19.1. The Hall–Kier alpha value is -2.15. The third-order valence-corrected chi connectivity index (χ3v) is 5.41. The topological polar surface area (TPSA) is 61.9 Å². The molecule has 0 aliphatic carbocycles. The van der Waals surface area contributed by atoms with Crippen LogP contribution in [0.25, 0.3) is 0 Å². The summed E-state index contributed by atoms with van der Waals surface area (Å²) in [5.74, 6) is -0.177. The van der Waals surface area contributed by atoms with Crippen LogP contribution in [0.4, 0.5) is 4.39 Å². The minimum Gasteiger partial charge on any atom is -0.487 e. The van der Waals surface area contributed by atoms with Gasteiger partial charge in [0.2, 0.25) is 11.8 Å². The summed E-state index contributed by atoms with van der Waals surface area (Å²) in [4.78, 5) is 29.2. The summed E-state index contributed by atoms with van der Waals surface area (Å²) in [6.07, 6.45) is 1.40. The first-order valence-electron chi connectivity index (χ1n) is 10.4. The van der Waals surface area contributed by atoms with Crippen molar-refractivity contribution in [3.63, 3.8) is 0 Å². The molecule has 3 rings (SSSR count). The number of piperazine rings is 1. The number of likely N-dealkylation sites (tertiary alicyclic amines) is 1. The first-order chi connectivity index (χ1) is 13.7. The van der Waals surface area contributed by atoms with Gasteiger partial charge in [-0.25, -0.2) is 4.39 Å². The maximum absolute atomic E-state index is 13.8. The third-order valence-electron chi connectivity index (χ3n) is 5.41. The first-order valence-corrected chi connectivity index (χ1v) is 10.4. The molecule has 7 heteroatoms. The van der Waals surface area contributed by atoms with E-state index in [9.17, 15) is 14.0 Å². The number of para-hydroxylation sites is 1. The molecule has 1 unspecified atom stereocenters. The van der Waals surface area contributed by atoms with Gasteiger partial charge in [-0.2, -0.15) is 0 Å². The lowest BCUT2D eigenvalue weighted by molar-refractivity contribution is -0.140. The lowest BCUT2D eigenvalue weighted by Gasteiger charge is -2.39. The maximum Gasteiger partial charge on any atom is 0.237 e. The number of benzene rings is 1. The fourth-order valence-corrected chi connectivity index (χ4v) is 4.02. The molecule has 0 aromatic heterocycles. The summed E-state index contributed by atoms with van der Waals surface area (Å²) < 4.78 is 19.5. The summed E-state index contributed by atoms with van der Waals surface area (Å²) >= 11 is 0. The Morgan fingerprint density at radius 3 is 2.55 bits per heavy atom. The van der Waals surface area contributed by atoms with Gasteiger partial charge in [-0.05, 0) is 17.5 Å². The Morgan fingerprint density at radius 1 is 1.21 bits per heavy atom. The summed E-state index contributed by atoms with van der Waals surface area (Å²) in [6, 6.07) is 5.97. The second kappa shape index (κ2) is 9.11. The van der Waals surface area contributed by atoms with E-state index in [1.54, 1.807) is 23.1 Å². The van der Waals surface area contributed by atoms with Crippen LogP contribution < -0.4 is 10.1 Å². The van der Waals surface area contributed by atoms with Crippen molar-refractivity contribution in [2.45, 2.75) is 52.2 Å². The number of hydrogen-bond donors (Lipinski definition) is 1. The SMILES string of the molecule is CC(C)(C)CN1CCNC(=O)C1CC(=O)N1CCC(Oc2ccccc2F)CC1. The molecule has 1 aromatic rings. The zero-order valence-corrected chi connectivity index (χ0v) is 17.6. The minimum absolute atomic E-state index is 0.00435. The molecule has 2 aliphatic rings. The van der Waals surface area contributed by atoms with Crippen molar-refractivity contribution in [1.82, 2.24) is 15.1 Å². The molecule has 2 saturated heterocycles. The van der Waals surface area contributed by atoms with Gasteiger partial charge in [0.25, 0.3) is 0 Å². The largest absolute Gasteiger partial charge is 0.487 e. The van der Waals surface area contributed by atoms with Crippen molar-refractivity contribution in [3.05, 3.63) is 30.1 Å². The van der Waals surface area contributed by atoms with Gasteiger partial charge in [-0.15, -0.1) is 0 Å². The Balaban J connectivity index is 1.53. The van der Waals surface area contributed by atoms with Gasteiger partial charge in [0, 0.05) is 45.6 Å². The summed E-state index contributed by atoms with van der Waals surface area (Å²) in [6.45, 7) is 9.70. The van der Waals surface area contributed by atoms with E-state index in [-0.39, 0.29) is 41.3 Å². The Bertz CT molecular complexity index is 726. The number of carbonyl (C=O) groups is 2. The van der Waals surface area contributed by atoms with E-state index in [0.29, 0.717) is 32.5 Å². The zero-order valence-electron chi connectivity index (χ0n) is 17.6. The molecule has 2 amide bonds. The molecule has 160 valence electrons. The van der Waals surface area contributed by atoms with Crippen molar-refractivity contribution in [2.75, 3.05) is 32.7 Å². The number of rotatable bonds is 5. The van der Waals surface area contributed by atoms with Crippen molar-refractivity contribution in [1.29, 1.82) is 0 Å². The second-order valence-electron chi connectivity index (χ2n) is 9.17. The van der Waals surface area contributed by atoms with E-state index in [1.165, 1.54) is 6.07 Å². The molecule has 2 heterocycles. The van der Waals surface area contributed by atoms with Crippen molar-refractivity contribution >= 4 is 11.8 Å². The van der Waals surface area contributed by atoms with Gasteiger partial charge >= 0.3 is 0 Å². The van der Waals surface area contributed by atoms with Crippen LogP contribution in [0.3, 0.4) is 0 Å². The smallest absolute Gasteiger partial charge is 0.237 e. The van der Waals surface area contributed by atoms with Gasteiger partial charge in [0.1, 0.15) is 6.10 Å². The molecule has 6 nitrogen and oxygen atoms in total. The summed E-state index contributed by atoms with van der Waals surface area (Å²) in [7, 11) is 0. The second-order valence-corrected chi connectivity index (χ2v) is 9.17. The Morgan fingerprint density at radius 2 is 1.90 bits per heavy atom. The van der Waals surface area contributed by atoms with Crippen LogP contribution in [-0.4, -0.2) is 66.5 Å². The van der Waals surface area contributed by atoms with E-state index >= 15 is 0 Å². The van der Waals surface area contributed by atoms with E-state index < -0.39 is 6.04 Å². The molecule has 29 heavy (non-hydrogen) atoms. The van der Waals surface area contributed by atoms with Gasteiger partial charge in [-0.3, -0.25) is 14.5 Å². The summed E-state index contributed by atoms with van der Waals surface area (Å²) in [5, 5.41) is 2.89. The molecule has 1 N–H and O–H groups in total. The van der Waals surface area contributed by atoms with Crippen molar-refractivity contribution < 1.29 is 18.7 Å². The predicted octanol–water partition coefficient (Wildman–Crippen LogP) is 2.43. The van der Waals surface area contributed by atoms with Crippen LogP contribution in [0.15, 0.2) is 24.3 Å². The number of piperidine rings is 1. The van der Waals surface area contributed by atoms with Crippen LogP contribution in [0.2, 0.25) is 0 Å². The molecule has 1 atom stereocenters. The fraction of sp³-hybridized carbons (Fsp3) is 0.636. The lowest BCUT2D eigenvalue weighted by atomic mass is 9.94. The first kappa shape index (κ1) is 21.6. The number of carbonyl (C=O) groups excluding carboxylic acids is 2. The maximum atomic E-state index is 13.8. The summed E-state index contributed by atoms with van der Waals surface area (Å²) in [5.41, 5.74) is 0.0569. The van der Waals surface area contributed by atoms with E-state index in [0.717, 1.165) is 13.1 Å². The highest BCUT2D eigenvalue weighted by Gasteiger charge is 2.35. The number of amides is 2. The van der Waals surface area contributed by atoms with Gasteiger partial charge in [0.05, 0.1) is 12.5 Å². The van der Waals surface area contributed by atoms with E-state index in [1.807, 2.05) is 0 Å².